The van der Waals surface area contributed by atoms with Crippen molar-refractivity contribution in [2.75, 3.05) is 0 Å². The van der Waals surface area contributed by atoms with Crippen molar-refractivity contribution in [3.63, 3.8) is 0 Å². The van der Waals surface area contributed by atoms with Crippen LogP contribution in [-0.2, 0) is 5.41 Å². The van der Waals surface area contributed by atoms with Gasteiger partial charge in [-0.3, -0.25) is 0 Å². The van der Waals surface area contributed by atoms with Crippen molar-refractivity contribution in [1.29, 1.82) is 0 Å². The Morgan fingerprint density at radius 3 is 1.00 bits per heavy atom. The summed E-state index contributed by atoms with van der Waals surface area (Å²) in [5.41, 5.74) is 2.91. The Balaban J connectivity index is 2.34. The number of benzene rings is 2. The van der Waals surface area contributed by atoms with Gasteiger partial charge in [0.1, 0.15) is 0 Å². The predicted octanol–water partition coefficient (Wildman–Crippen LogP) is 5.10. The summed E-state index contributed by atoms with van der Waals surface area (Å²) in [5, 5.41) is 0. The van der Waals surface area contributed by atoms with Gasteiger partial charge in [-0.15, -0.1) is 0 Å². The second-order valence-electron chi connectivity index (χ2n) is 9.28. The minimum atomic E-state index is -1.95. The Bertz CT molecular complexity index is 591. The van der Waals surface area contributed by atoms with Crippen LogP contribution in [0.25, 0.3) is 0 Å². The molecule has 0 atom stereocenters. The van der Waals surface area contributed by atoms with E-state index in [1.165, 1.54) is 11.1 Å². The molecule has 0 aliphatic rings. The van der Waals surface area contributed by atoms with Crippen LogP contribution in [0, 0.1) is 0 Å². The quantitative estimate of drug-likeness (QED) is 0.491. The van der Waals surface area contributed by atoms with Crippen LogP contribution in [0.3, 0.4) is 0 Å². The van der Waals surface area contributed by atoms with Crippen molar-refractivity contribution in [3.05, 3.63) is 59.7 Å². The van der Waals surface area contributed by atoms with Crippen LogP contribution in [0.15, 0.2) is 48.5 Å². The molecule has 0 saturated carbocycles. The van der Waals surface area contributed by atoms with Gasteiger partial charge in [0.15, 0.2) is 0 Å². The summed E-state index contributed by atoms with van der Waals surface area (Å²) in [4.78, 5) is 14.9. The van der Waals surface area contributed by atoms with E-state index in [-0.39, 0.29) is 5.41 Å². The molecule has 0 saturated heterocycles. The molecule has 0 bridgehead atoms. The molecule has 2 aromatic rings. The summed E-state index contributed by atoms with van der Waals surface area (Å²) in [5.74, 6) is 0. The van der Waals surface area contributed by atoms with Crippen LogP contribution < -0.4 is 7.16 Å². The summed E-state index contributed by atoms with van der Waals surface area (Å²) in [6.07, 6.45) is 0. The predicted molar refractivity (Wildman–Crippen MR) is 111 cm³/mol. The summed E-state index contributed by atoms with van der Waals surface area (Å²) >= 11 is -3.90. The van der Waals surface area contributed by atoms with E-state index in [0.717, 1.165) is 0 Å². The van der Waals surface area contributed by atoms with Crippen molar-refractivity contribution < 1.29 is 0 Å². The first-order chi connectivity index (χ1) is 10.4. The fourth-order valence-corrected chi connectivity index (χ4v) is 9.60. The molecule has 0 spiro atoms. The van der Waals surface area contributed by atoms with E-state index in [4.69, 9.17) is 0 Å². The fourth-order valence-electron chi connectivity index (χ4n) is 2.94. The Morgan fingerprint density at radius 1 is 0.522 bits per heavy atom. The van der Waals surface area contributed by atoms with E-state index in [1.54, 1.807) is 7.16 Å². The number of hydrogen-bond donors (Lipinski definition) is 0. The fraction of sp³-hybridized carbons (Fsp3) is 0.429. The maximum atomic E-state index is 2.48. The molecule has 0 nitrogen and oxygen atoms in total. The molecule has 0 radical (unpaired) electrons. The zero-order valence-electron chi connectivity index (χ0n) is 16.1. The molecule has 2 aromatic carbocycles. The Hall–Kier alpha value is 0.0374. The molecule has 0 aromatic heterocycles. The molecule has 0 N–H and O–H groups in total. The van der Waals surface area contributed by atoms with E-state index in [0.29, 0.717) is 0 Å². The van der Waals surface area contributed by atoms with E-state index in [2.05, 4.69) is 92.0 Å². The standard InChI is InChI=1S/C15H14.6CH3.2Sn/c1-15(2,13-9-5-3-6-10-13)14-11-7-4-8-12-14;;;;;;;;/h5-12H,1-2H3;6*1H3;;. The zero-order valence-corrected chi connectivity index (χ0v) is 21.8. The Morgan fingerprint density at radius 2 is 0.783 bits per heavy atom. The van der Waals surface area contributed by atoms with E-state index < -0.39 is 36.8 Å². The summed E-state index contributed by atoms with van der Waals surface area (Å²) in [6.45, 7) is 4.69. The summed E-state index contributed by atoms with van der Waals surface area (Å²) < 4.78 is 3.21. The topological polar surface area (TPSA) is 0 Å². The molecule has 0 fully saturated rings. The molecule has 0 unspecified atom stereocenters. The third-order valence-electron chi connectivity index (χ3n) is 4.95. The molecule has 0 aliphatic carbocycles. The van der Waals surface area contributed by atoms with Gasteiger partial charge in [-0.25, -0.2) is 0 Å². The average Bonchev–Trinajstić information content (AvgIpc) is 2.46. The van der Waals surface area contributed by atoms with Crippen molar-refractivity contribution in [2.24, 2.45) is 0 Å². The Labute approximate surface area is 151 Å². The molecule has 23 heavy (non-hydrogen) atoms. The monoisotopic (exact) mass is 524 g/mol. The van der Waals surface area contributed by atoms with Crippen LogP contribution in [0.4, 0.5) is 0 Å². The minimum absolute atomic E-state index is 0.0673. The van der Waals surface area contributed by atoms with Crippen molar-refractivity contribution in [3.8, 4) is 0 Å². The molecule has 2 heteroatoms. The normalized spacial score (nSPS) is 13.2. The first kappa shape index (κ1) is 19.4. The second kappa shape index (κ2) is 6.74. The van der Waals surface area contributed by atoms with Crippen LogP contribution in [0.2, 0.25) is 29.6 Å². The molecule has 0 aliphatic heterocycles. The third kappa shape index (κ3) is 4.56. The van der Waals surface area contributed by atoms with Crippen molar-refractivity contribution in [1.82, 2.24) is 0 Å². The van der Waals surface area contributed by atoms with Gasteiger partial charge >= 0.3 is 152 Å². The second-order valence-corrected chi connectivity index (χ2v) is 38.3. The van der Waals surface area contributed by atoms with Crippen LogP contribution in [-0.4, -0.2) is 36.8 Å². The van der Waals surface area contributed by atoms with Crippen LogP contribution in [0.1, 0.15) is 25.0 Å². The number of rotatable bonds is 4. The van der Waals surface area contributed by atoms with Gasteiger partial charge in [-0.2, -0.15) is 0 Å². The summed E-state index contributed by atoms with van der Waals surface area (Å²) in [7, 11) is 0. The average molecular weight is 522 g/mol. The van der Waals surface area contributed by atoms with E-state index in [9.17, 15) is 0 Å². The third-order valence-corrected chi connectivity index (χ3v) is 16.7. The van der Waals surface area contributed by atoms with E-state index in [1.807, 2.05) is 0 Å². The van der Waals surface area contributed by atoms with Crippen LogP contribution in [0.5, 0.6) is 0 Å². The van der Waals surface area contributed by atoms with Crippen molar-refractivity contribution in [2.45, 2.75) is 48.9 Å². The van der Waals surface area contributed by atoms with Gasteiger partial charge in [0.2, 0.25) is 0 Å². The van der Waals surface area contributed by atoms with Gasteiger partial charge in [0.05, 0.1) is 0 Å². The SMILES string of the molecule is CC(C)(c1cc[c]([Sn]([CH3])([CH3])[CH3])cc1)c1cc[c]([Sn]([CH3])([CH3])[CH3])cc1. The molecule has 2 rings (SSSR count). The van der Waals surface area contributed by atoms with Gasteiger partial charge in [0.25, 0.3) is 0 Å². The maximum absolute atomic E-state index is 2.48. The van der Waals surface area contributed by atoms with Crippen LogP contribution >= 0.6 is 0 Å². The molecule has 0 heterocycles. The molecule has 124 valence electrons. The van der Waals surface area contributed by atoms with Crippen molar-refractivity contribution >= 4 is 43.9 Å². The van der Waals surface area contributed by atoms with Gasteiger partial charge < -0.3 is 0 Å². The summed E-state index contributed by atoms with van der Waals surface area (Å²) in [6, 6.07) is 19.0. The van der Waals surface area contributed by atoms with Gasteiger partial charge in [0, 0.05) is 0 Å². The molecular formula is C21H32Sn2. The molecular weight excluding hydrogens is 490 g/mol. The van der Waals surface area contributed by atoms with Gasteiger partial charge in [-0.1, -0.05) is 0 Å². The Kier molecular flexibility index (Phi) is 5.68. The first-order valence-electron chi connectivity index (χ1n) is 8.64. The number of hydrogen-bond acceptors (Lipinski definition) is 0. The van der Waals surface area contributed by atoms with Gasteiger partial charge in [-0.05, 0) is 0 Å². The zero-order chi connectivity index (χ0) is 17.5. The molecule has 0 amide bonds. The first-order valence-corrected chi connectivity index (χ1v) is 28.6. The van der Waals surface area contributed by atoms with E-state index >= 15 is 0 Å².